The fourth-order valence-corrected chi connectivity index (χ4v) is 9.21. The molecule has 4 atom stereocenters. The zero-order chi connectivity index (χ0) is 39.0. The molecule has 0 radical (unpaired) electrons. The molecule has 0 saturated heterocycles. The van der Waals surface area contributed by atoms with Crippen LogP contribution in [-0.4, -0.2) is 12.2 Å². The molecule has 4 aromatic carbocycles. The lowest BCUT2D eigenvalue weighted by molar-refractivity contribution is -0.0826. The summed E-state index contributed by atoms with van der Waals surface area (Å²) in [6.45, 7) is 8.27. The largest absolute Gasteiger partial charge is 0.457 e. The van der Waals surface area contributed by atoms with E-state index < -0.39 is 35.9 Å². The summed E-state index contributed by atoms with van der Waals surface area (Å²) >= 11 is 2.64. The van der Waals surface area contributed by atoms with E-state index in [1.807, 2.05) is 109 Å². The average molecular weight is 787 g/mol. The van der Waals surface area contributed by atoms with Crippen molar-refractivity contribution in [1.29, 1.82) is 0 Å². The predicted molar refractivity (Wildman–Crippen MR) is 216 cm³/mol. The van der Waals surface area contributed by atoms with Gasteiger partial charge in [-0.15, -0.1) is 22.7 Å². The molecular weight excluding hydrogens is 741 g/mol. The van der Waals surface area contributed by atoms with Gasteiger partial charge in [-0.1, -0.05) is 88.4 Å². The topological polar surface area (TPSA) is 27.7 Å². The highest BCUT2D eigenvalue weighted by Crippen LogP contribution is 2.45. The Hall–Kier alpha value is -4.44. The number of thiophene rings is 2. The van der Waals surface area contributed by atoms with Crippen molar-refractivity contribution in [2.75, 3.05) is 0 Å². The predicted octanol–water partition coefficient (Wildman–Crippen LogP) is 14.5. The van der Waals surface area contributed by atoms with Crippen LogP contribution < -0.4 is 9.47 Å². The fraction of sp³-hybridized carbons (Fsp3) is 0.304. The van der Waals surface area contributed by atoms with Gasteiger partial charge in [0.25, 0.3) is 12.9 Å². The Balaban J connectivity index is 1.43. The molecule has 6 rings (SSSR count). The lowest BCUT2D eigenvalue weighted by Gasteiger charge is -2.44. The molecule has 9 heteroatoms. The molecule has 0 saturated carbocycles. The minimum absolute atomic E-state index is 0.0139. The van der Waals surface area contributed by atoms with Gasteiger partial charge in [0.15, 0.2) is 0 Å². The molecule has 0 amide bonds. The van der Waals surface area contributed by atoms with Crippen LogP contribution in [0.3, 0.4) is 0 Å². The summed E-state index contributed by atoms with van der Waals surface area (Å²) in [6, 6.07) is 38.0. The molecular formula is C46H46F4O3S2. The molecule has 2 aromatic heterocycles. The van der Waals surface area contributed by atoms with E-state index in [1.165, 1.54) is 33.4 Å². The summed E-state index contributed by atoms with van der Waals surface area (Å²) in [5.74, 6) is 2.75. The number of ether oxygens (including phenoxy) is 3. The van der Waals surface area contributed by atoms with Crippen LogP contribution in [-0.2, 0) is 28.4 Å². The maximum absolute atomic E-state index is 14.0. The number of rotatable bonds is 18. The Morgan fingerprint density at radius 3 is 1.24 bits per heavy atom. The van der Waals surface area contributed by atoms with E-state index >= 15 is 0 Å². The summed E-state index contributed by atoms with van der Waals surface area (Å²) in [5, 5.41) is 3.06. The van der Waals surface area contributed by atoms with Gasteiger partial charge in [-0.3, -0.25) is 0 Å². The van der Waals surface area contributed by atoms with Gasteiger partial charge >= 0.3 is 0 Å². The zero-order valence-corrected chi connectivity index (χ0v) is 33.0. The third-order valence-corrected chi connectivity index (χ3v) is 13.1. The molecule has 0 N–H and O–H groups in total. The van der Waals surface area contributed by atoms with Crippen LogP contribution in [0.25, 0.3) is 0 Å². The van der Waals surface area contributed by atoms with E-state index in [2.05, 4.69) is 27.7 Å². The van der Waals surface area contributed by atoms with E-state index in [0.29, 0.717) is 48.7 Å². The first-order valence-electron chi connectivity index (χ1n) is 18.5. The maximum atomic E-state index is 14.0. The summed E-state index contributed by atoms with van der Waals surface area (Å²) in [5.41, 5.74) is 0.496. The van der Waals surface area contributed by atoms with Gasteiger partial charge in [0.1, 0.15) is 23.0 Å². The summed E-state index contributed by atoms with van der Waals surface area (Å²) < 4.78 is 75.9. The molecule has 0 fully saturated rings. The van der Waals surface area contributed by atoms with Crippen LogP contribution in [0.15, 0.2) is 132 Å². The van der Waals surface area contributed by atoms with E-state index in [-0.39, 0.29) is 11.1 Å². The first-order chi connectivity index (χ1) is 26.5. The summed E-state index contributed by atoms with van der Waals surface area (Å²) in [7, 11) is 0. The van der Waals surface area contributed by atoms with Crippen molar-refractivity contribution < 1.29 is 31.8 Å². The average Bonchev–Trinajstić information content (AvgIpc) is 3.91. The van der Waals surface area contributed by atoms with Gasteiger partial charge in [-0.2, -0.15) is 0 Å². The second-order valence-corrected chi connectivity index (χ2v) is 16.1. The molecule has 4 unspecified atom stereocenters. The number of benzene rings is 4. The van der Waals surface area contributed by atoms with Crippen molar-refractivity contribution in [3.05, 3.63) is 164 Å². The number of halogens is 4. The molecule has 6 aromatic rings. The SMILES string of the molecule is CCC(C)(c1cc(C(F)F)cs1)C(Cc1cccc(Oc2ccccc2)c1)OC(Cc1cccc(Oc2ccccc2)c1)C(C)(CC)c1cc(C(F)F)cs1. The van der Waals surface area contributed by atoms with E-state index in [4.69, 9.17) is 14.2 Å². The molecule has 55 heavy (non-hydrogen) atoms. The van der Waals surface area contributed by atoms with Gasteiger partial charge in [-0.05, 0) is 108 Å². The second kappa shape index (κ2) is 18.0. The Bertz CT molecular complexity index is 1950. The molecule has 0 spiro atoms. The van der Waals surface area contributed by atoms with Gasteiger partial charge < -0.3 is 14.2 Å². The van der Waals surface area contributed by atoms with E-state index in [1.54, 1.807) is 12.1 Å². The zero-order valence-electron chi connectivity index (χ0n) is 31.4. The Labute approximate surface area is 329 Å². The van der Waals surface area contributed by atoms with Crippen molar-refractivity contribution >= 4 is 22.7 Å². The number of hydrogen-bond donors (Lipinski definition) is 0. The lowest BCUT2D eigenvalue weighted by Crippen LogP contribution is -2.48. The van der Waals surface area contributed by atoms with Crippen LogP contribution in [0.5, 0.6) is 23.0 Å². The molecule has 3 nitrogen and oxygen atoms in total. The fourth-order valence-electron chi connectivity index (χ4n) is 6.85. The Kier molecular flexibility index (Phi) is 13.2. The smallest absolute Gasteiger partial charge is 0.264 e. The van der Waals surface area contributed by atoms with Crippen LogP contribution in [0, 0.1) is 0 Å². The third-order valence-electron chi connectivity index (χ3n) is 10.7. The van der Waals surface area contributed by atoms with Crippen LogP contribution in [0.2, 0.25) is 0 Å². The molecule has 0 bridgehead atoms. The van der Waals surface area contributed by atoms with Crippen molar-refractivity contribution in [2.24, 2.45) is 0 Å². The van der Waals surface area contributed by atoms with Gasteiger partial charge in [0, 0.05) is 31.7 Å². The number of hydrogen-bond acceptors (Lipinski definition) is 5. The maximum Gasteiger partial charge on any atom is 0.264 e. The highest BCUT2D eigenvalue weighted by molar-refractivity contribution is 7.10. The first kappa shape index (κ1) is 40.2. The van der Waals surface area contributed by atoms with Gasteiger partial charge in [-0.25, -0.2) is 17.6 Å². The summed E-state index contributed by atoms with van der Waals surface area (Å²) in [6.07, 6.45) is -4.12. The van der Waals surface area contributed by atoms with Crippen molar-refractivity contribution in [3.8, 4) is 23.0 Å². The van der Waals surface area contributed by atoms with Gasteiger partial charge in [0.05, 0.1) is 12.2 Å². The van der Waals surface area contributed by atoms with Gasteiger partial charge in [0.2, 0.25) is 0 Å². The lowest BCUT2D eigenvalue weighted by atomic mass is 9.74. The van der Waals surface area contributed by atoms with Crippen molar-refractivity contribution in [2.45, 2.75) is 89.3 Å². The normalized spacial score (nSPS) is 15.0. The quantitative estimate of drug-likeness (QED) is 0.0812. The monoisotopic (exact) mass is 786 g/mol. The van der Waals surface area contributed by atoms with Crippen molar-refractivity contribution in [1.82, 2.24) is 0 Å². The molecule has 0 aliphatic rings. The van der Waals surface area contributed by atoms with Crippen LogP contribution in [0.1, 0.15) is 85.4 Å². The highest BCUT2D eigenvalue weighted by atomic mass is 32.1. The Morgan fingerprint density at radius 1 is 0.509 bits per heavy atom. The molecule has 0 aliphatic carbocycles. The van der Waals surface area contributed by atoms with Crippen LogP contribution >= 0.6 is 22.7 Å². The molecule has 0 aliphatic heterocycles. The highest BCUT2D eigenvalue weighted by Gasteiger charge is 2.44. The Morgan fingerprint density at radius 2 is 0.891 bits per heavy atom. The standard InChI is InChI=1S/C46H46F4O3S2/c1-5-45(3,41-27-33(29-54-41)43(47)48)39(25-31-15-13-21-37(23-31)51-35-17-9-7-10-18-35)53-40(46(4,6-2)42-28-34(30-55-42)44(49)50)26-32-16-14-22-38(24-32)52-36-19-11-8-12-20-36/h7-24,27-30,39-40,43-44H,5-6,25-26H2,1-4H3. The number of alkyl halides is 4. The van der Waals surface area contributed by atoms with E-state index in [9.17, 15) is 17.6 Å². The van der Waals surface area contributed by atoms with Crippen molar-refractivity contribution in [3.63, 3.8) is 0 Å². The number of para-hydroxylation sites is 2. The van der Waals surface area contributed by atoms with E-state index in [0.717, 1.165) is 20.9 Å². The molecule has 288 valence electrons. The first-order valence-corrected chi connectivity index (χ1v) is 20.3. The minimum atomic E-state index is -2.60. The summed E-state index contributed by atoms with van der Waals surface area (Å²) in [4.78, 5) is 1.61. The second-order valence-electron chi connectivity index (χ2n) is 14.3. The van der Waals surface area contributed by atoms with Crippen LogP contribution in [0.4, 0.5) is 17.6 Å². The molecule has 2 heterocycles. The third kappa shape index (κ3) is 9.69. The minimum Gasteiger partial charge on any atom is -0.457 e.